The Morgan fingerprint density at radius 3 is 2.30 bits per heavy atom. The summed E-state index contributed by atoms with van der Waals surface area (Å²) >= 11 is 15.9. The van der Waals surface area contributed by atoms with Gasteiger partial charge in [-0.2, -0.15) is 0 Å². The van der Waals surface area contributed by atoms with Crippen LogP contribution in [0.3, 0.4) is 0 Å². The molecule has 0 atom stereocenters. The average Bonchev–Trinajstić information content (AvgIpc) is 3.09. The second-order valence-electron chi connectivity index (χ2n) is 7.82. The van der Waals surface area contributed by atoms with Gasteiger partial charge in [-0.3, -0.25) is 14.5 Å². The number of hydrogen-bond acceptors (Lipinski definition) is 5. The Morgan fingerprint density at radius 2 is 1.70 bits per heavy atom. The fourth-order valence-corrected chi connectivity index (χ4v) is 6.14. The number of hydrogen-bond donors (Lipinski definition) is 0. The van der Waals surface area contributed by atoms with E-state index in [1.807, 2.05) is 12.1 Å². The number of carbonyl (C=O) groups excluding carboxylic acids is 2. The van der Waals surface area contributed by atoms with Crippen LogP contribution in [0.1, 0.15) is 11.1 Å². The van der Waals surface area contributed by atoms with Crippen molar-refractivity contribution in [2.45, 2.75) is 6.61 Å². The van der Waals surface area contributed by atoms with Crippen molar-refractivity contribution in [3.8, 4) is 5.75 Å². The number of benzene rings is 3. The highest BCUT2D eigenvalue weighted by Crippen LogP contribution is 2.33. The number of ether oxygens (including phenoxy) is 2. The van der Waals surface area contributed by atoms with Gasteiger partial charge in [0, 0.05) is 5.02 Å². The lowest BCUT2D eigenvalue weighted by Crippen LogP contribution is -2.35. The maximum Gasteiger partial charge on any atom is 0.325 e. The Labute approximate surface area is 250 Å². The van der Waals surface area contributed by atoms with Crippen LogP contribution in [0.4, 0.5) is 10.1 Å². The van der Waals surface area contributed by atoms with Crippen molar-refractivity contribution in [2.75, 3.05) is 18.6 Å². The number of halogens is 4. The lowest BCUT2D eigenvalue weighted by molar-refractivity contribution is -0.140. The summed E-state index contributed by atoms with van der Waals surface area (Å²) in [4.78, 5) is 28.4. The Hall–Kier alpha value is -2.29. The molecule has 3 aromatic carbocycles. The van der Waals surface area contributed by atoms with E-state index in [9.17, 15) is 14.0 Å². The molecule has 11 heteroatoms. The molecule has 37 heavy (non-hydrogen) atoms. The van der Waals surface area contributed by atoms with E-state index < -0.39 is 5.97 Å². The quantitative estimate of drug-likeness (QED) is 0.120. The van der Waals surface area contributed by atoms with Crippen molar-refractivity contribution >= 4 is 97.8 Å². The second-order valence-corrected chi connectivity index (χ2v) is 10.9. The molecule has 0 aromatic heterocycles. The third-order valence-electron chi connectivity index (χ3n) is 5.36. The number of thiocarbonyl (C=S) groups is 1. The predicted octanol–water partition coefficient (Wildman–Crippen LogP) is 6.41. The van der Waals surface area contributed by atoms with Gasteiger partial charge in [0.25, 0.3) is 5.91 Å². The van der Waals surface area contributed by atoms with Gasteiger partial charge in [0.05, 0.1) is 19.9 Å². The van der Waals surface area contributed by atoms with Gasteiger partial charge < -0.3 is 14.4 Å². The van der Waals surface area contributed by atoms with Crippen molar-refractivity contribution < 1.29 is 23.5 Å². The van der Waals surface area contributed by atoms with Crippen molar-refractivity contribution in [2.24, 2.45) is 0 Å². The van der Waals surface area contributed by atoms with Crippen LogP contribution in [0.2, 0.25) is 5.02 Å². The lowest BCUT2D eigenvalue weighted by atomic mass is 10.1. The van der Waals surface area contributed by atoms with Gasteiger partial charge in [-0.25, -0.2) is 4.39 Å². The van der Waals surface area contributed by atoms with Crippen LogP contribution in [0.25, 0.3) is 6.08 Å². The van der Waals surface area contributed by atoms with Crippen molar-refractivity contribution in [3.63, 3.8) is 0 Å². The minimum atomic E-state index is -0.535. The molecule has 1 aliphatic heterocycles. The van der Waals surface area contributed by atoms with Crippen LogP contribution >= 0.6 is 69.0 Å². The summed E-state index contributed by atoms with van der Waals surface area (Å²) in [5.74, 6) is -0.539. The molecule has 0 unspecified atom stereocenters. The summed E-state index contributed by atoms with van der Waals surface area (Å²) in [6.45, 7) is 0.0620. The van der Waals surface area contributed by atoms with Crippen LogP contribution in [-0.2, 0) is 20.9 Å². The van der Waals surface area contributed by atoms with Crippen LogP contribution in [-0.4, -0.2) is 35.5 Å². The maximum atomic E-state index is 13.5. The Morgan fingerprint density at radius 1 is 1.08 bits per heavy atom. The SMILES string of the molecule is COC(=O)CN1C(=S)N(c2ccc(Cl)cc2)C(=O)/C1=C/c1cc(I)c(OCc2ccc(F)cc2)c(I)c1. The highest BCUT2D eigenvalue weighted by molar-refractivity contribution is 14.1. The number of esters is 1. The summed E-state index contributed by atoms with van der Waals surface area (Å²) < 4.78 is 25.6. The first-order valence-corrected chi connectivity index (χ1v) is 13.7. The zero-order valence-electron chi connectivity index (χ0n) is 19.2. The summed E-state index contributed by atoms with van der Waals surface area (Å²) in [6, 6.07) is 16.6. The number of carbonyl (C=O) groups is 2. The molecule has 0 bridgehead atoms. The van der Waals surface area contributed by atoms with Crippen molar-refractivity contribution in [3.05, 3.63) is 95.5 Å². The third kappa shape index (κ3) is 6.41. The van der Waals surface area contributed by atoms with Gasteiger partial charge in [0.2, 0.25) is 0 Å². The minimum absolute atomic E-state index is 0.160. The predicted molar refractivity (Wildman–Crippen MR) is 161 cm³/mol. The van der Waals surface area contributed by atoms with E-state index >= 15 is 0 Å². The standard InChI is InChI=1S/C26H18ClFI2N2O4S/c1-35-23(33)13-31-22(25(34)32(26(31)37)19-8-4-17(27)5-9-19)12-16-10-20(29)24(21(30)11-16)36-14-15-2-6-18(28)7-3-15/h2-12H,13-14H2,1H3/b22-12-. The summed E-state index contributed by atoms with van der Waals surface area (Å²) in [5.41, 5.74) is 2.33. The van der Waals surface area contributed by atoms with Gasteiger partial charge in [-0.15, -0.1) is 0 Å². The molecule has 1 saturated heterocycles. The summed E-state index contributed by atoms with van der Waals surface area (Å²) in [7, 11) is 1.28. The molecule has 0 N–H and O–H groups in total. The zero-order chi connectivity index (χ0) is 26.7. The van der Waals surface area contributed by atoms with E-state index in [-0.39, 0.29) is 35.7 Å². The number of rotatable bonds is 7. The van der Waals surface area contributed by atoms with Crippen molar-refractivity contribution in [1.82, 2.24) is 4.90 Å². The average molecular weight is 763 g/mol. The van der Waals surface area contributed by atoms with Gasteiger partial charge in [-0.1, -0.05) is 23.7 Å². The first kappa shape index (κ1) is 27.7. The van der Waals surface area contributed by atoms with E-state index in [0.29, 0.717) is 16.5 Å². The summed E-state index contributed by atoms with van der Waals surface area (Å²) in [6.07, 6.45) is 1.68. The molecular formula is C26H18ClFI2N2O4S. The molecule has 0 radical (unpaired) electrons. The van der Waals surface area contributed by atoms with Crippen LogP contribution in [0.15, 0.2) is 66.4 Å². The molecule has 1 fully saturated rings. The molecule has 3 aromatic rings. The monoisotopic (exact) mass is 762 g/mol. The molecule has 4 rings (SSSR count). The normalized spacial score (nSPS) is 14.5. The molecule has 190 valence electrons. The van der Waals surface area contributed by atoms with E-state index in [4.69, 9.17) is 33.3 Å². The number of methoxy groups -OCH3 is 1. The van der Waals surface area contributed by atoms with E-state index in [1.54, 1.807) is 42.5 Å². The molecule has 1 heterocycles. The Balaban J connectivity index is 1.65. The second kappa shape index (κ2) is 12.0. The fraction of sp³-hybridized carbons (Fsp3) is 0.115. The van der Waals surface area contributed by atoms with Gasteiger partial charge in [-0.05, 0) is 123 Å². The first-order chi connectivity index (χ1) is 17.7. The molecule has 1 aliphatic rings. The van der Waals surface area contributed by atoms with Crippen LogP contribution < -0.4 is 9.64 Å². The topological polar surface area (TPSA) is 59.1 Å². The van der Waals surface area contributed by atoms with E-state index in [1.165, 1.54) is 29.0 Å². The minimum Gasteiger partial charge on any atom is -0.487 e. The zero-order valence-corrected chi connectivity index (χ0v) is 25.1. The van der Waals surface area contributed by atoms with Crippen LogP contribution in [0.5, 0.6) is 5.75 Å². The fourth-order valence-electron chi connectivity index (χ4n) is 3.54. The molecular weight excluding hydrogens is 745 g/mol. The van der Waals surface area contributed by atoms with Crippen molar-refractivity contribution in [1.29, 1.82) is 0 Å². The molecule has 6 nitrogen and oxygen atoms in total. The maximum absolute atomic E-state index is 13.5. The highest BCUT2D eigenvalue weighted by Gasteiger charge is 2.40. The van der Waals surface area contributed by atoms with Crippen LogP contribution in [0, 0.1) is 13.0 Å². The number of amides is 1. The Kier molecular flexibility index (Phi) is 9.03. The smallest absolute Gasteiger partial charge is 0.325 e. The summed E-state index contributed by atoms with van der Waals surface area (Å²) in [5, 5.41) is 0.682. The lowest BCUT2D eigenvalue weighted by Gasteiger charge is -2.19. The molecule has 0 spiro atoms. The van der Waals surface area contributed by atoms with Gasteiger partial charge in [0.15, 0.2) is 5.11 Å². The van der Waals surface area contributed by atoms with E-state index in [0.717, 1.165) is 18.3 Å². The molecule has 0 aliphatic carbocycles. The first-order valence-electron chi connectivity index (χ1n) is 10.7. The number of anilines is 1. The largest absolute Gasteiger partial charge is 0.487 e. The number of nitrogens with zero attached hydrogens (tertiary/aromatic N) is 2. The molecule has 1 amide bonds. The highest BCUT2D eigenvalue weighted by atomic mass is 127. The molecule has 0 saturated carbocycles. The Bertz CT molecular complexity index is 1380. The van der Waals surface area contributed by atoms with Gasteiger partial charge >= 0.3 is 5.97 Å². The van der Waals surface area contributed by atoms with E-state index in [2.05, 4.69) is 45.2 Å². The third-order valence-corrected chi connectivity index (χ3v) is 7.61. The van der Waals surface area contributed by atoms with Gasteiger partial charge in [0.1, 0.15) is 30.4 Å².